The third-order valence-electron chi connectivity index (χ3n) is 6.91. The Morgan fingerprint density at radius 1 is 0.711 bits per heavy atom. The summed E-state index contributed by atoms with van der Waals surface area (Å²) in [6, 6.07) is 0. The maximum atomic E-state index is 12.2. The first-order chi connectivity index (χ1) is 18.0. The molecule has 0 saturated carbocycles. The third-order valence-corrected chi connectivity index (χ3v) is 6.91. The van der Waals surface area contributed by atoms with Crippen LogP contribution in [0.15, 0.2) is 0 Å². The molecule has 0 heterocycles. The van der Waals surface area contributed by atoms with Gasteiger partial charge in [-0.15, -0.1) is 0 Å². The Morgan fingerprint density at radius 3 is 1.63 bits per heavy atom. The average Bonchev–Trinajstić information content (AvgIpc) is 2.85. The predicted octanol–water partition coefficient (Wildman–Crippen LogP) is 4.77. The summed E-state index contributed by atoms with van der Waals surface area (Å²) in [4.78, 5) is 36.1. The Kier molecular flexibility index (Phi) is 20.2. The molecule has 0 aliphatic heterocycles. The first-order valence-corrected chi connectivity index (χ1v) is 14.6. The van der Waals surface area contributed by atoms with Gasteiger partial charge < -0.3 is 29.9 Å². The van der Waals surface area contributed by atoms with Crippen LogP contribution in [0.25, 0.3) is 0 Å². The van der Waals surface area contributed by atoms with Crippen LogP contribution in [0.2, 0.25) is 0 Å². The summed E-state index contributed by atoms with van der Waals surface area (Å²) >= 11 is 0. The van der Waals surface area contributed by atoms with Gasteiger partial charge in [0.1, 0.15) is 13.2 Å². The number of carboxylic acids is 1. The van der Waals surface area contributed by atoms with Crippen molar-refractivity contribution >= 4 is 17.9 Å². The first kappa shape index (κ1) is 36.3. The molecule has 0 aliphatic rings. The van der Waals surface area contributed by atoms with Gasteiger partial charge in [-0.1, -0.05) is 98.3 Å². The topological polar surface area (TPSA) is 151 Å². The minimum absolute atomic E-state index is 0.246. The van der Waals surface area contributed by atoms with Crippen molar-refractivity contribution in [2.45, 2.75) is 142 Å². The van der Waals surface area contributed by atoms with Crippen molar-refractivity contribution in [1.82, 2.24) is 0 Å². The lowest BCUT2D eigenvalue weighted by molar-refractivity contribution is -0.174. The highest BCUT2D eigenvalue weighted by Gasteiger charge is 2.42. The molecule has 0 aliphatic carbocycles. The predicted molar refractivity (Wildman–Crippen MR) is 145 cm³/mol. The van der Waals surface area contributed by atoms with Gasteiger partial charge in [0.2, 0.25) is 0 Å². The summed E-state index contributed by atoms with van der Waals surface area (Å²) in [5, 5.41) is 40.4. The SMILES string of the molecule is CCCCCCC(C)CC(O)COC(=O)CC(O)(CC(=O)OCC(O)CC(CCCC)CCCC)C(=O)O. The molecule has 0 saturated heterocycles. The fourth-order valence-corrected chi connectivity index (χ4v) is 4.56. The van der Waals surface area contributed by atoms with E-state index < -0.39 is 48.6 Å². The molecule has 38 heavy (non-hydrogen) atoms. The maximum absolute atomic E-state index is 12.2. The highest BCUT2D eigenvalue weighted by Crippen LogP contribution is 2.23. The van der Waals surface area contributed by atoms with Crippen molar-refractivity contribution in [2.24, 2.45) is 11.8 Å². The Morgan fingerprint density at radius 2 is 1.18 bits per heavy atom. The fraction of sp³-hybridized carbons (Fsp3) is 0.897. The van der Waals surface area contributed by atoms with E-state index in [4.69, 9.17) is 9.47 Å². The van der Waals surface area contributed by atoms with Gasteiger partial charge in [-0.05, 0) is 24.7 Å². The number of esters is 2. The number of carboxylic acid groups (broad SMARTS) is 1. The second kappa shape index (κ2) is 21.2. The largest absolute Gasteiger partial charge is 0.479 e. The van der Waals surface area contributed by atoms with Crippen LogP contribution in [-0.4, -0.2) is 69.4 Å². The molecule has 224 valence electrons. The lowest BCUT2D eigenvalue weighted by Gasteiger charge is -2.23. The van der Waals surface area contributed by atoms with E-state index in [0.29, 0.717) is 18.8 Å². The van der Waals surface area contributed by atoms with Crippen molar-refractivity contribution in [1.29, 1.82) is 0 Å². The van der Waals surface area contributed by atoms with E-state index in [-0.39, 0.29) is 19.1 Å². The summed E-state index contributed by atoms with van der Waals surface area (Å²) in [5.74, 6) is -3.26. The van der Waals surface area contributed by atoms with Gasteiger partial charge in [0, 0.05) is 0 Å². The maximum Gasteiger partial charge on any atom is 0.336 e. The minimum Gasteiger partial charge on any atom is -0.479 e. The van der Waals surface area contributed by atoms with Gasteiger partial charge in [-0.3, -0.25) is 9.59 Å². The van der Waals surface area contributed by atoms with Crippen molar-refractivity contribution < 1.29 is 44.3 Å². The molecule has 4 unspecified atom stereocenters. The number of aliphatic carboxylic acids is 1. The number of unbranched alkanes of at least 4 members (excludes halogenated alkanes) is 5. The molecule has 9 nitrogen and oxygen atoms in total. The monoisotopic (exact) mass is 546 g/mol. The average molecular weight is 547 g/mol. The molecular weight excluding hydrogens is 492 g/mol. The summed E-state index contributed by atoms with van der Waals surface area (Å²) in [6.07, 6.45) is 8.86. The van der Waals surface area contributed by atoms with Crippen LogP contribution in [0.5, 0.6) is 0 Å². The van der Waals surface area contributed by atoms with Gasteiger partial charge in [0.15, 0.2) is 5.60 Å². The van der Waals surface area contributed by atoms with Gasteiger partial charge in [-0.25, -0.2) is 4.79 Å². The quantitative estimate of drug-likeness (QED) is 0.0991. The number of ether oxygens (including phenoxy) is 2. The molecule has 0 spiro atoms. The smallest absolute Gasteiger partial charge is 0.336 e. The molecule has 0 radical (unpaired) electrons. The standard InChI is InChI=1S/C29H54O9/c1-5-8-11-12-13-22(4)16-24(30)20-37-26(32)18-29(36,28(34)35)19-27(33)38-21-25(31)17-23(14-9-6-2)15-10-7-3/h22-25,30-31,36H,5-21H2,1-4H3,(H,34,35). The number of aliphatic hydroxyl groups is 3. The summed E-state index contributed by atoms with van der Waals surface area (Å²) in [6.45, 7) is 7.73. The van der Waals surface area contributed by atoms with Crippen molar-refractivity contribution in [2.75, 3.05) is 13.2 Å². The van der Waals surface area contributed by atoms with Gasteiger partial charge in [0.05, 0.1) is 25.0 Å². The molecule has 0 aromatic rings. The van der Waals surface area contributed by atoms with E-state index >= 15 is 0 Å². The van der Waals surface area contributed by atoms with Crippen LogP contribution in [0.1, 0.15) is 124 Å². The zero-order chi connectivity index (χ0) is 29.0. The molecular formula is C29H54O9. The lowest BCUT2D eigenvalue weighted by Crippen LogP contribution is -2.44. The molecule has 0 fully saturated rings. The molecule has 0 aromatic heterocycles. The third kappa shape index (κ3) is 17.7. The molecule has 0 rings (SSSR count). The van der Waals surface area contributed by atoms with Crippen molar-refractivity contribution in [3.63, 3.8) is 0 Å². The van der Waals surface area contributed by atoms with Crippen LogP contribution in [0.4, 0.5) is 0 Å². The molecule has 0 bridgehead atoms. The highest BCUT2D eigenvalue weighted by atomic mass is 16.5. The molecule has 4 N–H and O–H groups in total. The molecule has 4 atom stereocenters. The van der Waals surface area contributed by atoms with Gasteiger partial charge in [0.25, 0.3) is 0 Å². The number of hydrogen-bond donors (Lipinski definition) is 4. The number of aliphatic hydroxyl groups excluding tert-OH is 2. The normalized spacial score (nSPS) is 15.5. The van der Waals surface area contributed by atoms with E-state index in [1.165, 1.54) is 6.42 Å². The summed E-state index contributed by atoms with van der Waals surface area (Å²) in [7, 11) is 0. The molecule has 0 aromatic carbocycles. The van der Waals surface area contributed by atoms with Crippen LogP contribution in [0, 0.1) is 11.8 Å². The summed E-state index contributed by atoms with van der Waals surface area (Å²) in [5.41, 5.74) is -2.71. The van der Waals surface area contributed by atoms with Crippen LogP contribution in [-0.2, 0) is 23.9 Å². The van der Waals surface area contributed by atoms with E-state index in [2.05, 4.69) is 20.8 Å². The second-order valence-corrected chi connectivity index (χ2v) is 10.9. The van der Waals surface area contributed by atoms with Crippen LogP contribution < -0.4 is 0 Å². The number of carbonyl (C=O) groups excluding carboxylic acids is 2. The fourth-order valence-electron chi connectivity index (χ4n) is 4.56. The van der Waals surface area contributed by atoms with E-state index in [9.17, 15) is 34.8 Å². The zero-order valence-electron chi connectivity index (χ0n) is 24.2. The number of hydrogen-bond acceptors (Lipinski definition) is 8. The van der Waals surface area contributed by atoms with Gasteiger partial charge >= 0.3 is 17.9 Å². The van der Waals surface area contributed by atoms with E-state index in [1.807, 2.05) is 6.92 Å². The first-order valence-electron chi connectivity index (χ1n) is 14.6. The highest BCUT2D eigenvalue weighted by molar-refractivity contribution is 5.89. The van der Waals surface area contributed by atoms with Crippen LogP contribution in [0.3, 0.4) is 0 Å². The van der Waals surface area contributed by atoms with E-state index in [1.54, 1.807) is 0 Å². The lowest BCUT2D eigenvalue weighted by atomic mass is 9.91. The molecule has 9 heteroatoms. The van der Waals surface area contributed by atoms with Crippen LogP contribution >= 0.6 is 0 Å². The number of carbonyl (C=O) groups is 3. The Balaban J connectivity index is 4.60. The Hall–Kier alpha value is -1.71. The van der Waals surface area contributed by atoms with Crippen molar-refractivity contribution in [3.8, 4) is 0 Å². The minimum atomic E-state index is -2.71. The van der Waals surface area contributed by atoms with E-state index in [0.717, 1.165) is 64.2 Å². The molecule has 0 amide bonds. The Bertz CT molecular complexity index is 646. The summed E-state index contributed by atoms with van der Waals surface area (Å²) < 4.78 is 10.0. The van der Waals surface area contributed by atoms with Gasteiger partial charge in [-0.2, -0.15) is 0 Å². The van der Waals surface area contributed by atoms with Crippen molar-refractivity contribution in [3.05, 3.63) is 0 Å². The number of rotatable bonds is 24. The second-order valence-electron chi connectivity index (χ2n) is 10.9. The Labute approximate surface area is 229 Å². The zero-order valence-corrected chi connectivity index (χ0v) is 24.2.